The highest BCUT2D eigenvalue weighted by Gasteiger charge is 2.12. The van der Waals surface area contributed by atoms with E-state index in [0.717, 1.165) is 17.5 Å². The molecule has 0 saturated heterocycles. The first-order valence-electron chi connectivity index (χ1n) is 6.90. The summed E-state index contributed by atoms with van der Waals surface area (Å²) < 4.78 is 1.88. The first-order valence-corrected chi connectivity index (χ1v) is 6.90. The van der Waals surface area contributed by atoms with E-state index in [1.807, 2.05) is 41.1 Å². The Morgan fingerprint density at radius 3 is 2.62 bits per heavy atom. The molecule has 0 unspecified atom stereocenters. The van der Waals surface area contributed by atoms with E-state index < -0.39 is 0 Å². The highest BCUT2D eigenvalue weighted by Crippen LogP contribution is 2.23. The first-order chi connectivity index (χ1) is 10.3. The number of aldehydes is 1. The number of carbonyl (C=O) groups is 1. The minimum atomic E-state index is 0.619. The van der Waals surface area contributed by atoms with Gasteiger partial charge in [0.05, 0.1) is 24.0 Å². The van der Waals surface area contributed by atoms with Gasteiger partial charge >= 0.3 is 0 Å². The van der Waals surface area contributed by atoms with Gasteiger partial charge in [0.15, 0.2) is 6.29 Å². The normalized spacial score (nSPS) is 10.5. The fraction of sp³-hybridized carbons (Fsp3) is 0.111. The molecule has 0 amide bonds. The Bertz CT molecular complexity index is 760. The average molecular weight is 276 g/mol. The van der Waals surface area contributed by atoms with Crippen molar-refractivity contribution >= 4 is 6.29 Å². The van der Waals surface area contributed by atoms with E-state index in [9.17, 15) is 4.79 Å². The molecule has 1 heterocycles. The van der Waals surface area contributed by atoms with Crippen molar-refractivity contribution in [1.82, 2.24) is 9.78 Å². The minimum absolute atomic E-state index is 0.619. The van der Waals surface area contributed by atoms with E-state index in [2.05, 4.69) is 30.2 Å². The van der Waals surface area contributed by atoms with E-state index in [1.165, 1.54) is 11.1 Å². The topological polar surface area (TPSA) is 34.9 Å². The standard InChI is InChI=1S/C18H16N2O/c1-14-6-5-7-15(10-14)12-20-18(17(13-21)11-19-20)16-8-3-2-4-9-16/h2-11,13H,12H2,1H3. The maximum absolute atomic E-state index is 11.3. The lowest BCUT2D eigenvalue weighted by molar-refractivity contribution is 0.112. The number of aromatic nitrogens is 2. The number of nitrogens with zero attached hydrogens (tertiary/aromatic N) is 2. The molecule has 3 nitrogen and oxygen atoms in total. The predicted molar refractivity (Wildman–Crippen MR) is 83.3 cm³/mol. The third kappa shape index (κ3) is 2.77. The quantitative estimate of drug-likeness (QED) is 0.681. The van der Waals surface area contributed by atoms with Crippen LogP contribution in [0.3, 0.4) is 0 Å². The molecule has 0 aliphatic heterocycles. The van der Waals surface area contributed by atoms with Crippen LogP contribution >= 0.6 is 0 Å². The molecular formula is C18H16N2O. The van der Waals surface area contributed by atoms with Crippen LogP contribution in [0.1, 0.15) is 21.5 Å². The lowest BCUT2D eigenvalue weighted by Crippen LogP contribution is -2.04. The molecular weight excluding hydrogens is 260 g/mol. The molecule has 0 radical (unpaired) electrons. The zero-order valence-electron chi connectivity index (χ0n) is 11.9. The molecule has 2 aromatic carbocycles. The zero-order chi connectivity index (χ0) is 14.7. The maximum atomic E-state index is 11.3. The predicted octanol–water partition coefficient (Wildman–Crippen LogP) is 3.72. The maximum Gasteiger partial charge on any atom is 0.153 e. The van der Waals surface area contributed by atoms with E-state index in [-0.39, 0.29) is 0 Å². The van der Waals surface area contributed by atoms with E-state index >= 15 is 0 Å². The van der Waals surface area contributed by atoms with Gasteiger partial charge in [0, 0.05) is 5.56 Å². The lowest BCUT2D eigenvalue weighted by atomic mass is 10.1. The Balaban J connectivity index is 2.04. The number of aryl methyl sites for hydroxylation is 1. The summed E-state index contributed by atoms with van der Waals surface area (Å²) in [4.78, 5) is 11.3. The summed E-state index contributed by atoms with van der Waals surface area (Å²) in [5.41, 5.74) is 4.88. The largest absolute Gasteiger partial charge is 0.298 e. The molecule has 1 aromatic heterocycles. The molecule has 21 heavy (non-hydrogen) atoms. The van der Waals surface area contributed by atoms with E-state index in [1.54, 1.807) is 6.20 Å². The summed E-state index contributed by atoms with van der Waals surface area (Å²) in [6.45, 7) is 2.72. The second-order valence-electron chi connectivity index (χ2n) is 5.08. The number of hydrogen-bond acceptors (Lipinski definition) is 2. The fourth-order valence-corrected chi connectivity index (χ4v) is 2.50. The Labute approximate surface area is 123 Å². The van der Waals surface area contributed by atoms with Crippen LogP contribution in [0, 0.1) is 6.92 Å². The third-order valence-electron chi connectivity index (χ3n) is 3.46. The van der Waals surface area contributed by atoms with Gasteiger partial charge in [0.25, 0.3) is 0 Å². The Hall–Kier alpha value is -2.68. The molecule has 3 heteroatoms. The SMILES string of the molecule is Cc1cccc(Cn2ncc(C=O)c2-c2ccccc2)c1. The fourth-order valence-electron chi connectivity index (χ4n) is 2.50. The average Bonchev–Trinajstić information content (AvgIpc) is 2.91. The molecule has 0 saturated carbocycles. The molecule has 3 rings (SSSR count). The van der Waals surface area contributed by atoms with Gasteiger partial charge in [-0.2, -0.15) is 5.10 Å². The van der Waals surface area contributed by atoms with Crippen LogP contribution in [0.25, 0.3) is 11.3 Å². The molecule has 0 atom stereocenters. The van der Waals surface area contributed by atoms with Gasteiger partial charge in [-0.25, -0.2) is 0 Å². The van der Waals surface area contributed by atoms with Crippen LogP contribution in [-0.4, -0.2) is 16.1 Å². The molecule has 104 valence electrons. The van der Waals surface area contributed by atoms with Gasteiger partial charge < -0.3 is 0 Å². The van der Waals surface area contributed by atoms with Crippen molar-refractivity contribution in [3.8, 4) is 11.3 Å². The highest BCUT2D eigenvalue weighted by atomic mass is 16.1. The van der Waals surface area contributed by atoms with Crippen molar-refractivity contribution in [1.29, 1.82) is 0 Å². The Morgan fingerprint density at radius 1 is 1.10 bits per heavy atom. The van der Waals surface area contributed by atoms with Gasteiger partial charge in [0.1, 0.15) is 0 Å². The second-order valence-corrected chi connectivity index (χ2v) is 5.08. The molecule has 0 fully saturated rings. The summed E-state index contributed by atoms with van der Waals surface area (Å²) in [6, 6.07) is 18.2. The van der Waals surface area contributed by atoms with E-state index in [0.29, 0.717) is 12.1 Å². The van der Waals surface area contributed by atoms with E-state index in [4.69, 9.17) is 0 Å². The summed E-state index contributed by atoms with van der Waals surface area (Å²) in [5, 5.41) is 4.37. The second kappa shape index (κ2) is 5.75. The van der Waals surface area contributed by atoms with Gasteiger partial charge in [-0.1, -0.05) is 60.2 Å². The number of hydrogen-bond donors (Lipinski definition) is 0. The summed E-state index contributed by atoms with van der Waals surface area (Å²) in [6.07, 6.45) is 2.49. The monoisotopic (exact) mass is 276 g/mol. The van der Waals surface area contributed by atoms with Gasteiger partial charge in [0.2, 0.25) is 0 Å². The molecule has 0 spiro atoms. The number of carbonyl (C=O) groups excluding carboxylic acids is 1. The third-order valence-corrected chi connectivity index (χ3v) is 3.46. The van der Waals surface area contributed by atoms with Crippen LogP contribution in [0.15, 0.2) is 60.8 Å². The molecule has 0 bridgehead atoms. The first kappa shape index (κ1) is 13.3. The molecule has 3 aromatic rings. The van der Waals surface area contributed by atoms with Crippen LogP contribution < -0.4 is 0 Å². The van der Waals surface area contributed by atoms with Crippen molar-refractivity contribution in [2.24, 2.45) is 0 Å². The van der Waals surface area contributed by atoms with Crippen molar-refractivity contribution < 1.29 is 4.79 Å². The Kier molecular flexibility index (Phi) is 3.65. The van der Waals surface area contributed by atoms with Gasteiger partial charge in [-0.15, -0.1) is 0 Å². The van der Waals surface area contributed by atoms with Crippen molar-refractivity contribution in [3.63, 3.8) is 0 Å². The van der Waals surface area contributed by atoms with Crippen molar-refractivity contribution in [2.75, 3.05) is 0 Å². The van der Waals surface area contributed by atoms with Gasteiger partial charge in [-0.3, -0.25) is 9.48 Å². The van der Waals surface area contributed by atoms with Crippen LogP contribution in [0.4, 0.5) is 0 Å². The van der Waals surface area contributed by atoms with Crippen LogP contribution in [-0.2, 0) is 6.54 Å². The van der Waals surface area contributed by atoms with Gasteiger partial charge in [-0.05, 0) is 12.5 Å². The van der Waals surface area contributed by atoms with Crippen molar-refractivity contribution in [2.45, 2.75) is 13.5 Å². The summed E-state index contributed by atoms with van der Waals surface area (Å²) >= 11 is 0. The lowest BCUT2D eigenvalue weighted by Gasteiger charge is -2.09. The molecule has 0 aliphatic carbocycles. The number of benzene rings is 2. The Morgan fingerprint density at radius 2 is 1.90 bits per heavy atom. The molecule has 0 aliphatic rings. The summed E-state index contributed by atoms with van der Waals surface area (Å²) in [7, 11) is 0. The van der Waals surface area contributed by atoms with Crippen LogP contribution in [0.2, 0.25) is 0 Å². The van der Waals surface area contributed by atoms with Crippen LogP contribution in [0.5, 0.6) is 0 Å². The smallest absolute Gasteiger partial charge is 0.153 e. The zero-order valence-corrected chi connectivity index (χ0v) is 11.9. The number of rotatable bonds is 4. The highest BCUT2D eigenvalue weighted by molar-refractivity contribution is 5.85. The summed E-state index contributed by atoms with van der Waals surface area (Å²) in [5.74, 6) is 0. The van der Waals surface area contributed by atoms with Crippen molar-refractivity contribution in [3.05, 3.63) is 77.5 Å². The minimum Gasteiger partial charge on any atom is -0.298 e. The molecule has 0 N–H and O–H groups in total.